The molecule has 0 saturated carbocycles. The van der Waals surface area contributed by atoms with E-state index >= 15 is 0 Å². The number of amides is 1. The van der Waals surface area contributed by atoms with E-state index in [9.17, 15) is 4.79 Å². The van der Waals surface area contributed by atoms with Gasteiger partial charge in [-0.3, -0.25) is 4.79 Å². The Morgan fingerprint density at radius 3 is 2.48 bits per heavy atom. The molecule has 2 aliphatic heterocycles. The van der Waals surface area contributed by atoms with E-state index in [-0.39, 0.29) is 5.91 Å². The lowest BCUT2D eigenvalue weighted by molar-refractivity contribution is -0.131. The summed E-state index contributed by atoms with van der Waals surface area (Å²) in [7, 11) is 0. The maximum absolute atomic E-state index is 12.6. The number of nitrogens with zero attached hydrogens (tertiary/aromatic N) is 5. The SMILES string of the molecule is Cc1cc(N2CCN(C(=O)CCc3cccc(Cl)c3)CC2)nc(N2CCCC2)n1. The van der Waals surface area contributed by atoms with Crippen LogP contribution in [0.1, 0.15) is 30.5 Å². The van der Waals surface area contributed by atoms with Crippen molar-refractivity contribution in [3.05, 3.63) is 46.6 Å². The summed E-state index contributed by atoms with van der Waals surface area (Å²) in [6, 6.07) is 9.79. The van der Waals surface area contributed by atoms with Crippen LogP contribution >= 0.6 is 11.6 Å². The lowest BCUT2D eigenvalue weighted by Crippen LogP contribution is -2.49. The Kier molecular flexibility index (Phi) is 6.19. The molecule has 154 valence electrons. The highest BCUT2D eigenvalue weighted by Crippen LogP contribution is 2.22. The van der Waals surface area contributed by atoms with Crippen LogP contribution in [0.2, 0.25) is 5.02 Å². The summed E-state index contributed by atoms with van der Waals surface area (Å²) in [5.41, 5.74) is 2.10. The minimum absolute atomic E-state index is 0.209. The average Bonchev–Trinajstić information content (AvgIpc) is 3.27. The predicted molar refractivity (Wildman–Crippen MR) is 117 cm³/mol. The van der Waals surface area contributed by atoms with Crippen molar-refractivity contribution in [3.63, 3.8) is 0 Å². The zero-order valence-electron chi connectivity index (χ0n) is 17.0. The number of halogens is 1. The van der Waals surface area contributed by atoms with Crippen LogP contribution in [0.5, 0.6) is 0 Å². The monoisotopic (exact) mass is 413 g/mol. The van der Waals surface area contributed by atoms with Crippen LogP contribution in [0.15, 0.2) is 30.3 Å². The standard InChI is InChI=1S/C22H28ClN5O/c1-17-15-20(25-22(24-17)28-9-2-3-10-28)26-11-13-27(14-12-26)21(29)8-7-18-5-4-6-19(23)16-18/h4-6,15-16H,2-3,7-14H2,1H3. The molecule has 0 bridgehead atoms. The second kappa shape index (κ2) is 8.99. The third-order valence-corrected chi connectivity index (χ3v) is 5.93. The molecule has 1 aromatic heterocycles. The van der Waals surface area contributed by atoms with Gasteiger partial charge >= 0.3 is 0 Å². The first-order valence-corrected chi connectivity index (χ1v) is 10.8. The van der Waals surface area contributed by atoms with Crippen molar-refractivity contribution in [2.75, 3.05) is 49.1 Å². The Balaban J connectivity index is 1.32. The topological polar surface area (TPSA) is 52.6 Å². The zero-order chi connectivity index (χ0) is 20.2. The normalized spacial score (nSPS) is 17.1. The molecule has 2 fully saturated rings. The third-order valence-electron chi connectivity index (χ3n) is 5.69. The van der Waals surface area contributed by atoms with Gasteiger partial charge in [-0.15, -0.1) is 0 Å². The van der Waals surface area contributed by atoms with Gasteiger partial charge in [0.2, 0.25) is 11.9 Å². The fourth-order valence-electron chi connectivity index (χ4n) is 4.04. The molecular weight excluding hydrogens is 386 g/mol. The number of aromatic nitrogens is 2. The smallest absolute Gasteiger partial charge is 0.227 e. The Morgan fingerprint density at radius 2 is 1.76 bits per heavy atom. The van der Waals surface area contributed by atoms with Gasteiger partial charge in [-0.1, -0.05) is 23.7 Å². The van der Waals surface area contributed by atoms with Crippen LogP contribution in [0.25, 0.3) is 0 Å². The van der Waals surface area contributed by atoms with E-state index in [0.29, 0.717) is 6.42 Å². The van der Waals surface area contributed by atoms with Gasteiger partial charge in [0, 0.05) is 62.5 Å². The number of hydrogen-bond donors (Lipinski definition) is 0. The minimum Gasteiger partial charge on any atom is -0.353 e. The molecule has 1 aromatic carbocycles. The quantitative estimate of drug-likeness (QED) is 0.752. The van der Waals surface area contributed by atoms with Crippen molar-refractivity contribution < 1.29 is 4.79 Å². The van der Waals surface area contributed by atoms with Crippen LogP contribution in [-0.4, -0.2) is 60.0 Å². The highest BCUT2D eigenvalue weighted by atomic mass is 35.5. The maximum Gasteiger partial charge on any atom is 0.227 e. The Hall–Kier alpha value is -2.34. The highest BCUT2D eigenvalue weighted by Gasteiger charge is 2.23. The molecule has 6 nitrogen and oxygen atoms in total. The van der Waals surface area contributed by atoms with Gasteiger partial charge in [-0.25, -0.2) is 4.98 Å². The van der Waals surface area contributed by atoms with E-state index in [4.69, 9.17) is 16.6 Å². The molecule has 2 aliphatic rings. The summed E-state index contributed by atoms with van der Waals surface area (Å²) in [6.07, 6.45) is 3.67. The number of hydrogen-bond acceptors (Lipinski definition) is 5. The summed E-state index contributed by atoms with van der Waals surface area (Å²) in [6.45, 7) is 7.18. The second-order valence-corrected chi connectivity index (χ2v) is 8.30. The summed E-state index contributed by atoms with van der Waals surface area (Å²) < 4.78 is 0. The number of piperazine rings is 1. The van der Waals surface area contributed by atoms with Gasteiger partial charge in [0.15, 0.2) is 0 Å². The molecule has 0 spiro atoms. The van der Waals surface area contributed by atoms with Crippen LogP contribution in [-0.2, 0) is 11.2 Å². The third kappa shape index (κ3) is 4.99. The molecule has 3 heterocycles. The molecule has 1 amide bonds. The molecule has 4 rings (SSSR count). The number of rotatable bonds is 5. The highest BCUT2D eigenvalue weighted by molar-refractivity contribution is 6.30. The summed E-state index contributed by atoms with van der Waals surface area (Å²) in [5, 5.41) is 0.719. The Labute approximate surface area is 177 Å². The molecule has 0 unspecified atom stereocenters. The van der Waals surface area contributed by atoms with Crippen molar-refractivity contribution in [2.45, 2.75) is 32.6 Å². The summed E-state index contributed by atoms with van der Waals surface area (Å²) >= 11 is 6.03. The minimum atomic E-state index is 0.209. The van der Waals surface area contributed by atoms with Crippen molar-refractivity contribution in [2.24, 2.45) is 0 Å². The second-order valence-electron chi connectivity index (χ2n) is 7.86. The fraction of sp³-hybridized carbons (Fsp3) is 0.500. The van der Waals surface area contributed by atoms with Crippen LogP contribution in [0.3, 0.4) is 0 Å². The molecule has 29 heavy (non-hydrogen) atoms. The predicted octanol–water partition coefficient (Wildman–Crippen LogP) is 3.32. The van der Waals surface area contributed by atoms with E-state index in [1.54, 1.807) is 0 Å². The first-order chi connectivity index (χ1) is 14.1. The van der Waals surface area contributed by atoms with Crippen molar-refractivity contribution in [3.8, 4) is 0 Å². The molecule has 7 heteroatoms. The van der Waals surface area contributed by atoms with Crippen molar-refractivity contribution in [1.29, 1.82) is 0 Å². The van der Waals surface area contributed by atoms with Gasteiger partial charge in [0.05, 0.1) is 0 Å². The van der Waals surface area contributed by atoms with E-state index in [2.05, 4.69) is 20.9 Å². The van der Waals surface area contributed by atoms with Gasteiger partial charge in [0.1, 0.15) is 5.82 Å². The lowest BCUT2D eigenvalue weighted by Gasteiger charge is -2.36. The molecular formula is C22H28ClN5O. The number of carbonyl (C=O) groups is 1. The van der Waals surface area contributed by atoms with Gasteiger partial charge in [-0.2, -0.15) is 4.98 Å². The van der Waals surface area contributed by atoms with Gasteiger partial charge in [0.25, 0.3) is 0 Å². The molecule has 2 aromatic rings. The molecule has 2 saturated heterocycles. The number of benzene rings is 1. The zero-order valence-corrected chi connectivity index (χ0v) is 17.7. The largest absolute Gasteiger partial charge is 0.353 e. The Bertz CT molecular complexity index is 860. The number of anilines is 2. The average molecular weight is 414 g/mol. The van der Waals surface area contributed by atoms with Crippen LogP contribution < -0.4 is 9.80 Å². The molecule has 0 aliphatic carbocycles. The first-order valence-electron chi connectivity index (χ1n) is 10.5. The van der Waals surface area contributed by atoms with E-state index in [1.807, 2.05) is 36.1 Å². The van der Waals surface area contributed by atoms with E-state index in [1.165, 1.54) is 12.8 Å². The lowest BCUT2D eigenvalue weighted by atomic mass is 10.1. The van der Waals surface area contributed by atoms with Crippen LogP contribution in [0, 0.1) is 6.92 Å². The fourth-order valence-corrected chi connectivity index (χ4v) is 4.26. The summed E-state index contributed by atoms with van der Waals surface area (Å²) in [4.78, 5) is 28.6. The molecule has 0 radical (unpaired) electrons. The van der Waals surface area contributed by atoms with Crippen molar-refractivity contribution in [1.82, 2.24) is 14.9 Å². The molecule has 0 atom stereocenters. The van der Waals surface area contributed by atoms with Gasteiger partial charge < -0.3 is 14.7 Å². The van der Waals surface area contributed by atoms with Gasteiger partial charge in [-0.05, 0) is 43.9 Å². The van der Waals surface area contributed by atoms with E-state index < -0.39 is 0 Å². The molecule has 0 N–H and O–H groups in total. The number of aryl methyl sites for hydroxylation is 2. The number of carbonyl (C=O) groups excluding carboxylic acids is 1. The maximum atomic E-state index is 12.6. The van der Waals surface area contributed by atoms with Crippen LogP contribution in [0.4, 0.5) is 11.8 Å². The Morgan fingerprint density at radius 1 is 1.00 bits per heavy atom. The first kappa shape index (κ1) is 20.0. The van der Waals surface area contributed by atoms with E-state index in [0.717, 1.165) is 73.7 Å². The van der Waals surface area contributed by atoms with Crippen molar-refractivity contribution >= 4 is 29.3 Å². The summed E-state index contributed by atoms with van der Waals surface area (Å²) in [5.74, 6) is 2.03.